The summed E-state index contributed by atoms with van der Waals surface area (Å²) in [6, 6.07) is 5.10. The lowest BCUT2D eigenvalue weighted by atomic mass is 10.2. The molecule has 100 valence electrons. The third kappa shape index (κ3) is 5.38. The molecule has 0 spiro atoms. The first-order valence-corrected chi connectivity index (χ1v) is 7.16. The molecular formula is C13H17BrClNO2. The molecule has 0 bridgehead atoms. The van der Waals surface area contributed by atoms with E-state index in [2.05, 4.69) is 21.2 Å². The minimum absolute atomic E-state index is 0.0966. The summed E-state index contributed by atoms with van der Waals surface area (Å²) in [6.45, 7) is 0.892. The number of unbranched alkanes of at least 4 members (excludes halogenated alkanes) is 3. The Balaban J connectivity index is 2.32. The first kappa shape index (κ1) is 15.5. The molecule has 18 heavy (non-hydrogen) atoms. The van der Waals surface area contributed by atoms with E-state index in [1.807, 2.05) is 0 Å². The minimum atomic E-state index is -0.0966. The number of benzene rings is 1. The number of amides is 1. The zero-order valence-corrected chi connectivity index (χ0v) is 12.4. The molecule has 0 atom stereocenters. The highest BCUT2D eigenvalue weighted by molar-refractivity contribution is 9.10. The number of hydrogen-bond donors (Lipinski definition) is 2. The van der Waals surface area contributed by atoms with E-state index >= 15 is 0 Å². The number of carbonyl (C=O) groups is 1. The number of aliphatic hydroxyl groups is 1. The van der Waals surface area contributed by atoms with Crippen LogP contribution in [-0.4, -0.2) is 24.2 Å². The molecule has 1 rings (SSSR count). The number of hydrogen-bond acceptors (Lipinski definition) is 2. The Morgan fingerprint density at radius 2 is 2.00 bits per heavy atom. The average Bonchev–Trinajstić information content (AvgIpc) is 2.33. The highest BCUT2D eigenvalue weighted by Crippen LogP contribution is 2.21. The van der Waals surface area contributed by atoms with Gasteiger partial charge in [0.25, 0.3) is 5.91 Å². The van der Waals surface area contributed by atoms with Gasteiger partial charge in [0, 0.05) is 22.6 Å². The van der Waals surface area contributed by atoms with Crippen LogP contribution in [0.1, 0.15) is 36.0 Å². The van der Waals surface area contributed by atoms with E-state index in [-0.39, 0.29) is 12.5 Å². The molecule has 0 aliphatic heterocycles. The Morgan fingerprint density at radius 3 is 2.67 bits per heavy atom. The van der Waals surface area contributed by atoms with Gasteiger partial charge in [-0.1, -0.05) is 24.4 Å². The summed E-state index contributed by atoms with van der Waals surface area (Å²) in [4.78, 5) is 11.8. The number of rotatable bonds is 7. The number of nitrogens with one attached hydrogen (secondary N) is 1. The summed E-state index contributed by atoms with van der Waals surface area (Å²) in [5, 5.41) is 12.1. The first-order chi connectivity index (χ1) is 8.65. The maximum Gasteiger partial charge on any atom is 0.252 e. The zero-order valence-electron chi connectivity index (χ0n) is 10.1. The second kappa shape index (κ2) is 8.51. The Bertz CT molecular complexity index is 399. The predicted molar refractivity (Wildman–Crippen MR) is 77.0 cm³/mol. The SMILES string of the molecule is O=C(NCCCCCCO)c1ccc(Cl)cc1Br. The van der Waals surface area contributed by atoms with E-state index in [4.69, 9.17) is 16.7 Å². The van der Waals surface area contributed by atoms with Gasteiger partial charge in [-0.15, -0.1) is 0 Å². The Hall–Kier alpha value is -0.580. The predicted octanol–water partition coefficient (Wildman–Crippen LogP) is 3.39. The van der Waals surface area contributed by atoms with Crippen LogP contribution in [0.3, 0.4) is 0 Å². The quantitative estimate of drug-likeness (QED) is 0.751. The summed E-state index contributed by atoms with van der Waals surface area (Å²) < 4.78 is 0.702. The molecule has 1 aromatic carbocycles. The fourth-order valence-corrected chi connectivity index (χ4v) is 2.42. The maximum atomic E-state index is 11.8. The van der Waals surface area contributed by atoms with Crippen molar-refractivity contribution in [2.75, 3.05) is 13.2 Å². The molecule has 0 aromatic heterocycles. The van der Waals surface area contributed by atoms with Gasteiger partial charge in [-0.05, 0) is 47.0 Å². The topological polar surface area (TPSA) is 49.3 Å². The van der Waals surface area contributed by atoms with E-state index in [1.165, 1.54) is 0 Å². The Labute approximate surface area is 121 Å². The molecule has 0 saturated heterocycles. The van der Waals surface area contributed by atoms with Gasteiger partial charge in [-0.3, -0.25) is 4.79 Å². The highest BCUT2D eigenvalue weighted by Gasteiger charge is 2.09. The van der Waals surface area contributed by atoms with Crippen LogP contribution in [-0.2, 0) is 0 Å². The minimum Gasteiger partial charge on any atom is -0.396 e. The lowest BCUT2D eigenvalue weighted by molar-refractivity contribution is 0.0952. The van der Waals surface area contributed by atoms with Crippen molar-refractivity contribution in [3.05, 3.63) is 33.3 Å². The molecular weight excluding hydrogens is 318 g/mol. The molecule has 0 aliphatic carbocycles. The average molecular weight is 335 g/mol. The van der Waals surface area contributed by atoms with E-state index in [0.717, 1.165) is 25.7 Å². The van der Waals surface area contributed by atoms with Crippen molar-refractivity contribution in [3.8, 4) is 0 Å². The number of carbonyl (C=O) groups excluding carboxylic acids is 1. The monoisotopic (exact) mass is 333 g/mol. The maximum absolute atomic E-state index is 11.8. The second-order valence-corrected chi connectivity index (χ2v) is 5.31. The van der Waals surface area contributed by atoms with Crippen LogP contribution in [0, 0.1) is 0 Å². The van der Waals surface area contributed by atoms with Gasteiger partial charge in [0.15, 0.2) is 0 Å². The van der Waals surface area contributed by atoms with Crippen LogP contribution in [0.25, 0.3) is 0 Å². The summed E-state index contributed by atoms with van der Waals surface area (Å²) in [6.07, 6.45) is 3.77. The molecule has 0 aliphatic rings. The molecule has 1 aromatic rings. The molecule has 1 amide bonds. The Kier molecular flexibility index (Phi) is 7.32. The third-order valence-electron chi connectivity index (χ3n) is 2.55. The lowest BCUT2D eigenvalue weighted by Gasteiger charge is -2.07. The van der Waals surface area contributed by atoms with Gasteiger partial charge in [-0.25, -0.2) is 0 Å². The fraction of sp³-hybridized carbons (Fsp3) is 0.462. The van der Waals surface area contributed by atoms with Crippen LogP contribution in [0.15, 0.2) is 22.7 Å². The summed E-state index contributed by atoms with van der Waals surface area (Å²) >= 11 is 9.13. The van der Waals surface area contributed by atoms with Gasteiger partial charge >= 0.3 is 0 Å². The molecule has 5 heteroatoms. The largest absolute Gasteiger partial charge is 0.396 e. The molecule has 3 nitrogen and oxygen atoms in total. The van der Waals surface area contributed by atoms with Crippen molar-refractivity contribution >= 4 is 33.4 Å². The van der Waals surface area contributed by atoms with Gasteiger partial charge in [0.2, 0.25) is 0 Å². The van der Waals surface area contributed by atoms with Gasteiger partial charge in [0.1, 0.15) is 0 Å². The van der Waals surface area contributed by atoms with Crippen LogP contribution in [0.2, 0.25) is 5.02 Å². The van der Waals surface area contributed by atoms with Gasteiger partial charge in [-0.2, -0.15) is 0 Å². The van der Waals surface area contributed by atoms with E-state index < -0.39 is 0 Å². The van der Waals surface area contributed by atoms with Crippen molar-refractivity contribution in [1.82, 2.24) is 5.32 Å². The van der Waals surface area contributed by atoms with E-state index in [9.17, 15) is 4.79 Å². The summed E-state index contributed by atoms with van der Waals surface area (Å²) in [7, 11) is 0. The van der Waals surface area contributed by atoms with E-state index in [0.29, 0.717) is 21.6 Å². The fourth-order valence-electron chi connectivity index (χ4n) is 1.56. The Morgan fingerprint density at radius 1 is 1.28 bits per heavy atom. The summed E-state index contributed by atoms with van der Waals surface area (Å²) in [5.41, 5.74) is 0.592. The lowest BCUT2D eigenvalue weighted by Crippen LogP contribution is -2.24. The number of aliphatic hydroxyl groups excluding tert-OH is 1. The van der Waals surface area contributed by atoms with Gasteiger partial charge < -0.3 is 10.4 Å². The van der Waals surface area contributed by atoms with Crippen molar-refractivity contribution in [3.63, 3.8) is 0 Å². The molecule has 2 N–H and O–H groups in total. The van der Waals surface area contributed by atoms with Crippen LogP contribution in [0.5, 0.6) is 0 Å². The smallest absolute Gasteiger partial charge is 0.252 e. The standard InChI is InChI=1S/C13H17BrClNO2/c14-12-9-10(15)5-6-11(12)13(18)16-7-3-1-2-4-8-17/h5-6,9,17H,1-4,7-8H2,(H,16,18). The van der Waals surface area contributed by atoms with Crippen LogP contribution >= 0.6 is 27.5 Å². The van der Waals surface area contributed by atoms with Gasteiger partial charge in [0.05, 0.1) is 5.56 Å². The highest BCUT2D eigenvalue weighted by atomic mass is 79.9. The molecule has 0 unspecified atom stereocenters. The van der Waals surface area contributed by atoms with Crippen molar-refractivity contribution in [2.45, 2.75) is 25.7 Å². The number of halogens is 2. The van der Waals surface area contributed by atoms with Crippen LogP contribution in [0.4, 0.5) is 0 Å². The molecule has 0 fully saturated rings. The van der Waals surface area contributed by atoms with E-state index in [1.54, 1.807) is 18.2 Å². The molecule has 0 saturated carbocycles. The van der Waals surface area contributed by atoms with Crippen LogP contribution < -0.4 is 5.32 Å². The molecule has 0 radical (unpaired) electrons. The molecule has 0 heterocycles. The second-order valence-electron chi connectivity index (χ2n) is 4.02. The van der Waals surface area contributed by atoms with Crippen molar-refractivity contribution in [2.24, 2.45) is 0 Å². The third-order valence-corrected chi connectivity index (χ3v) is 3.44. The van der Waals surface area contributed by atoms with Crippen molar-refractivity contribution < 1.29 is 9.90 Å². The zero-order chi connectivity index (χ0) is 13.4. The normalized spacial score (nSPS) is 10.4. The summed E-state index contributed by atoms with van der Waals surface area (Å²) in [5.74, 6) is -0.0966. The van der Waals surface area contributed by atoms with Crippen molar-refractivity contribution in [1.29, 1.82) is 0 Å². The first-order valence-electron chi connectivity index (χ1n) is 5.99.